The number of aliphatic carboxylic acids is 1. The highest BCUT2D eigenvalue weighted by atomic mass is 16.4. The zero-order chi connectivity index (χ0) is 10.1. The highest BCUT2D eigenvalue weighted by Crippen LogP contribution is 2.29. The summed E-state index contributed by atoms with van der Waals surface area (Å²) in [4.78, 5) is 22.4. The second-order valence-electron chi connectivity index (χ2n) is 4.23. The summed E-state index contributed by atoms with van der Waals surface area (Å²) in [5, 5.41) is 11.9. The molecule has 1 saturated carbocycles. The maximum Gasteiger partial charge on any atom is 0.321 e. The molecule has 0 aromatic carbocycles. The monoisotopic (exact) mass is 197 g/mol. The predicted molar refractivity (Wildman–Crippen MR) is 49.9 cm³/mol. The molecule has 1 aliphatic heterocycles. The lowest BCUT2D eigenvalue weighted by atomic mass is 9.77. The van der Waals surface area contributed by atoms with Crippen LogP contribution in [0.2, 0.25) is 0 Å². The number of carboxylic acid groups (broad SMARTS) is 1. The lowest BCUT2D eigenvalue weighted by Crippen LogP contribution is -2.55. The van der Waals surface area contributed by atoms with E-state index in [4.69, 9.17) is 5.11 Å². The minimum atomic E-state index is -0.901. The average Bonchev–Trinajstić information content (AvgIpc) is 2.17. The van der Waals surface area contributed by atoms with Crippen molar-refractivity contribution in [3.05, 3.63) is 0 Å². The van der Waals surface area contributed by atoms with E-state index < -0.39 is 12.0 Å². The van der Waals surface area contributed by atoms with Gasteiger partial charge in [-0.2, -0.15) is 0 Å². The van der Waals surface area contributed by atoms with Crippen molar-refractivity contribution in [1.82, 2.24) is 5.32 Å². The average molecular weight is 197 g/mol. The molecule has 1 heterocycles. The molecule has 2 aliphatic rings. The van der Waals surface area contributed by atoms with Crippen LogP contribution in [0.3, 0.4) is 0 Å². The highest BCUT2D eigenvalue weighted by Gasteiger charge is 2.39. The Bertz CT molecular complexity index is 264. The Labute approximate surface area is 82.7 Å². The van der Waals surface area contributed by atoms with Crippen LogP contribution in [-0.4, -0.2) is 28.9 Å². The van der Waals surface area contributed by atoms with Crippen LogP contribution in [0.15, 0.2) is 0 Å². The standard InChI is InChI=1S/C10H15NO3/c12-9-5-8(10(13)14)11-7-4-2-1-3-6(7)9/h6-8,11H,1-5H2,(H,13,14). The first kappa shape index (κ1) is 9.65. The number of carbonyl (C=O) groups is 2. The van der Waals surface area contributed by atoms with Gasteiger partial charge in [0.05, 0.1) is 0 Å². The summed E-state index contributed by atoms with van der Waals surface area (Å²) in [5.41, 5.74) is 0. The number of nitrogens with one attached hydrogen (secondary N) is 1. The summed E-state index contributed by atoms with van der Waals surface area (Å²) in [5.74, 6) is -0.678. The Morgan fingerprint density at radius 2 is 2.07 bits per heavy atom. The molecule has 3 atom stereocenters. The molecule has 4 heteroatoms. The number of fused-ring (bicyclic) bond motifs is 1. The molecule has 14 heavy (non-hydrogen) atoms. The number of hydrogen-bond acceptors (Lipinski definition) is 3. The molecule has 2 fully saturated rings. The van der Waals surface area contributed by atoms with Gasteiger partial charge in [0.15, 0.2) is 0 Å². The summed E-state index contributed by atoms with van der Waals surface area (Å²) < 4.78 is 0. The maximum absolute atomic E-state index is 11.6. The second kappa shape index (κ2) is 3.69. The third-order valence-electron chi connectivity index (χ3n) is 3.30. The summed E-state index contributed by atoms with van der Waals surface area (Å²) in [6, 6.07) is -0.534. The zero-order valence-corrected chi connectivity index (χ0v) is 8.03. The van der Waals surface area contributed by atoms with Crippen LogP contribution >= 0.6 is 0 Å². The van der Waals surface area contributed by atoms with E-state index in [1.165, 1.54) is 0 Å². The Morgan fingerprint density at radius 1 is 1.36 bits per heavy atom. The molecule has 0 aromatic heterocycles. The van der Waals surface area contributed by atoms with Crippen molar-refractivity contribution in [3.8, 4) is 0 Å². The zero-order valence-electron chi connectivity index (χ0n) is 8.03. The number of carboxylic acids is 1. The van der Waals surface area contributed by atoms with E-state index in [0.717, 1.165) is 25.7 Å². The van der Waals surface area contributed by atoms with E-state index in [9.17, 15) is 9.59 Å². The van der Waals surface area contributed by atoms with Crippen molar-refractivity contribution in [3.63, 3.8) is 0 Å². The Hall–Kier alpha value is -0.900. The smallest absolute Gasteiger partial charge is 0.321 e. The molecule has 4 nitrogen and oxygen atoms in total. The second-order valence-corrected chi connectivity index (χ2v) is 4.23. The van der Waals surface area contributed by atoms with Crippen LogP contribution in [0.1, 0.15) is 32.1 Å². The Morgan fingerprint density at radius 3 is 2.79 bits per heavy atom. The highest BCUT2D eigenvalue weighted by molar-refractivity contribution is 5.89. The third-order valence-corrected chi connectivity index (χ3v) is 3.30. The molecule has 0 amide bonds. The Kier molecular flexibility index (Phi) is 2.54. The molecular weight excluding hydrogens is 182 g/mol. The first-order valence-corrected chi connectivity index (χ1v) is 5.20. The van der Waals surface area contributed by atoms with Crippen LogP contribution in [0.4, 0.5) is 0 Å². The number of rotatable bonds is 1. The van der Waals surface area contributed by atoms with Crippen molar-refractivity contribution in [2.24, 2.45) is 5.92 Å². The number of Topliss-reactive ketones (excluding diaryl/α,β-unsaturated/α-hetero) is 1. The normalized spacial score (nSPS) is 37.7. The van der Waals surface area contributed by atoms with Gasteiger partial charge in [-0.1, -0.05) is 12.8 Å². The fraction of sp³-hybridized carbons (Fsp3) is 0.800. The lowest BCUT2D eigenvalue weighted by molar-refractivity contribution is -0.144. The summed E-state index contributed by atoms with van der Waals surface area (Å²) in [7, 11) is 0. The molecule has 0 radical (unpaired) electrons. The number of carbonyl (C=O) groups excluding carboxylic acids is 1. The quantitative estimate of drug-likeness (QED) is 0.644. The van der Waals surface area contributed by atoms with E-state index >= 15 is 0 Å². The van der Waals surface area contributed by atoms with Crippen molar-refractivity contribution >= 4 is 11.8 Å². The van der Waals surface area contributed by atoms with Crippen LogP contribution in [0.5, 0.6) is 0 Å². The molecule has 2 N–H and O–H groups in total. The van der Waals surface area contributed by atoms with Gasteiger partial charge in [0, 0.05) is 18.4 Å². The van der Waals surface area contributed by atoms with Crippen molar-refractivity contribution in [2.75, 3.05) is 0 Å². The van der Waals surface area contributed by atoms with Gasteiger partial charge < -0.3 is 10.4 Å². The van der Waals surface area contributed by atoms with Gasteiger partial charge in [-0.05, 0) is 12.8 Å². The molecule has 1 aliphatic carbocycles. The fourth-order valence-corrected chi connectivity index (χ4v) is 2.54. The van der Waals surface area contributed by atoms with Crippen LogP contribution in [-0.2, 0) is 9.59 Å². The number of hydrogen-bond donors (Lipinski definition) is 2. The number of piperidine rings is 1. The van der Waals surface area contributed by atoms with Crippen molar-refractivity contribution < 1.29 is 14.7 Å². The minimum absolute atomic E-state index is 0.0827. The van der Waals surface area contributed by atoms with E-state index in [0.29, 0.717) is 0 Å². The summed E-state index contributed by atoms with van der Waals surface area (Å²) in [6.45, 7) is 0. The molecular formula is C10H15NO3. The van der Waals surface area contributed by atoms with E-state index in [1.54, 1.807) is 0 Å². The Balaban J connectivity index is 2.08. The topological polar surface area (TPSA) is 66.4 Å². The molecule has 0 spiro atoms. The van der Waals surface area contributed by atoms with Crippen LogP contribution < -0.4 is 5.32 Å². The van der Waals surface area contributed by atoms with E-state index in [1.807, 2.05) is 0 Å². The van der Waals surface area contributed by atoms with Gasteiger partial charge in [0.1, 0.15) is 11.8 Å². The van der Waals surface area contributed by atoms with Gasteiger partial charge in [-0.15, -0.1) is 0 Å². The summed E-state index contributed by atoms with van der Waals surface area (Å²) >= 11 is 0. The van der Waals surface area contributed by atoms with E-state index in [-0.39, 0.29) is 24.2 Å². The van der Waals surface area contributed by atoms with Gasteiger partial charge in [-0.25, -0.2) is 0 Å². The van der Waals surface area contributed by atoms with Crippen LogP contribution in [0.25, 0.3) is 0 Å². The van der Waals surface area contributed by atoms with Gasteiger partial charge in [0.2, 0.25) is 0 Å². The minimum Gasteiger partial charge on any atom is -0.480 e. The lowest BCUT2D eigenvalue weighted by Gasteiger charge is -2.37. The largest absolute Gasteiger partial charge is 0.480 e. The van der Waals surface area contributed by atoms with Gasteiger partial charge >= 0.3 is 5.97 Å². The first-order chi connectivity index (χ1) is 6.68. The summed E-state index contributed by atoms with van der Waals surface area (Å²) in [6.07, 6.45) is 4.25. The maximum atomic E-state index is 11.6. The molecule has 3 unspecified atom stereocenters. The van der Waals surface area contributed by atoms with Crippen molar-refractivity contribution in [1.29, 1.82) is 0 Å². The predicted octanol–water partition coefficient (Wildman–Crippen LogP) is 0.561. The molecule has 1 saturated heterocycles. The third kappa shape index (κ3) is 1.66. The fourth-order valence-electron chi connectivity index (χ4n) is 2.54. The van der Waals surface area contributed by atoms with Crippen LogP contribution in [0, 0.1) is 5.92 Å². The number of ketones is 1. The van der Waals surface area contributed by atoms with E-state index in [2.05, 4.69) is 5.32 Å². The molecule has 0 aromatic rings. The van der Waals surface area contributed by atoms with Gasteiger partial charge in [0.25, 0.3) is 0 Å². The molecule has 0 bridgehead atoms. The SMILES string of the molecule is O=C(O)C1CC(=O)C2CCCCC2N1. The van der Waals surface area contributed by atoms with Crippen molar-refractivity contribution in [2.45, 2.75) is 44.2 Å². The van der Waals surface area contributed by atoms with Gasteiger partial charge in [-0.3, -0.25) is 9.59 Å². The molecule has 78 valence electrons. The molecule has 2 rings (SSSR count). The first-order valence-electron chi connectivity index (χ1n) is 5.20.